The molecule has 0 heterocycles. The number of hydrogen-bond donors (Lipinski definition) is 1. The van der Waals surface area contributed by atoms with Crippen LogP contribution in [0.15, 0.2) is 71.8 Å². The Morgan fingerprint density at radius 2 is 1.58 bits per heavy atom. The number of anilines is 2. The summed E-state index contributed by atoms with van der Waals surface area (Å²) < 4.78 is 0. The normalized spacial score (nSPS) is 11.1. The van der Waals surface area contributed by atoms with Gasteiger partial charge in [0.15, 0.2) is 0 Å². The van der Waals surface area contributed by atoms with E-state index in [2.05, 4.69) is 83.9 Å². The predicted molar refractivity (Wildman–Crippen MR) is 105 cm³/mol. The van der Waals surface area contributed by atoms with Crippen molar-refractivity contribution in [3.05, 3.63) is 72.3 Å². The van der Waals surface area contributed by atoms with Crippen molar-refractivity contribution in [2.75, 3.05) is 23.4 Å². The molecule has 122 valence electrons. The smallest absolute Gasteiger partial charge is 0.0568 e. The molecule has 3 heteroatoms. The molecule has 0 amide bonds. The fraction of sp³-hybridized carbons (Fsp3) is 0.190. The molecule has 3 aromatic carbocycles. The van der Waals surface area contributed by atoms with Gasteiger partial charge in [0, 0.05) is 18.8 Å². The van der Waals surface area contributed by atoms with E-state index >= 15 is 0 Å². The molecule has 0 aliphatic rings. The molecule has 0 radical (unpaired) electrons. The highest BCUT2D eigenvalue weighted by atomic mass is 15.3. The Bertz CT molecular complexity index is 818. The molecule has 0 aliphatic heterocycles. The van der Waals surface area contributed by atoms with E-state index in [1.165, 1.54) is 16.5 Å². The van der Waals surface area contributed by atoms with Crippen molar-refractivity contribution in [1.82, 2.24) is 0 Å². The molecule has 0 aromatic heterocycles. The Hall–Kier alpha value is -2.81. The molecular weight excluding hydrogens is 294 g/mol. The van der Waals surface area contributed by atoms with Crippen molar-refractivity contribution >= 4 is 28.4 Å². The largest absolute Gasteiger partial charge is 0.372 e. The van der Waals surface area contributed by atoms with E-state index in [4.69, 9.17) is 0 Å². The second kappa shape index (κ2) is 7.64. The van der Waals surface area contributed by atoms with E-state index in [1.54, 1.807) is 0 Å². The fourth-order valence-corrected chi connectivity index (χ4v) is 2.80. The molecule has 3 aromatic rings. The van der Waals surface area contributed by atoms with Crippen molar-refractivity contribution in [3.8, 4) is 0 Å². The van der Waals surface area contributed by atoms with Crippen LogP contribution in [0.1, 0.15) is 19.4 Å². The number of rotatable bonds is 6. The molecule has 3 nitrogen and oxygen atoms in total. The molecule has 0 aliphatic carbocycles. The van der Waals surface area contributed by atoms with Crippen molar-refractivity contribution in [3.63, 3.8) is 0 Å². The Labute approximate surface area is 143 Å². The van der Waals surface area contributed by atoms with E-state index < -0.39 is 0 Å². The zero-order valence-corrected chi connectivity index (χ0v) is 14.2. The Kier molecular flexibility index (Phi) is 5.12. The standard InChI is InChI=1S/C21H23N3/c1-3-24(4-2)21-13-9-17(10-14-21)16-22-23-20-12-11-18-7-5-6-8-19(18)15-20/h5-16,23H,3-4H2,1-2H3/b22-16+. The third kappa shape index (κ3) is 3.74. The second-order valence-corrected chi connectivity index (χ2v) is 5.70. The fourth-order valence-electron chi connectivity index (χ4n) is 2.80. The summed E-state index contributed by atoms with van der Waals surface area (Å²) in [5.41, 5.74) is 6.43. The van der Waals surface area contributed by atoms with Gasteiger partial charge >= 0.3 is 0 Å². The Morgan fingerprint density at radius 3 is 2.29 bits per heavy atom. The van der Waals surface area contributed by atoms with Crippen molar-refractivity contribution in [2.24, 2.45) is 5.10 Å². The number of hydrazone groups is 1. The average molecular weight is 317 g/mol. The summed E-state index contributed by atoms with van der Waals surface area (Å²) in [5.74, 6) is 0. The summed E-state index contributed by atoms with van der Waals surface area (Å²) in [4.78, 5) is 2.33. The van der Waals surface area contributed by atoms with Crippen LogP contribution in [0.3, 0.4) is 0 Å². The summed E-state index contributed by atoms with van der Waals surface area (Å²) in [6, 6.07) is 23.1. The van der Waals surface area contributed by atoms with Gasteiger partial charge < -0.3 is 4.90 Å². The first-order valence-corrected chi connectivity index (χ1v) is 8.43. The minimum atomic E-state index is 0.990. The van der Waals surface area contributed by atoms with Crippen LogP contribution in [0.5, 0.6) is 0 Å². The van der Waals surface area contributed by atoms with Crippen LogP contribution >= 0.6 is 0 Å². The lowest BCUT2D eigenvalue weighted by atomic mass is 10.1. The minimum Gasteiger partial charge on any atom is -0.372 e. The van der Waals surface area contributed by atoms with Gasteiger partial charge in [0.1, 0.15) is 0 Å². The highest BCUT2D eigenvalue weighted by Crippen LogP contribution is 2.19. The van der Waals surface area contributed by atoms with Crippen molar-refractivity contribution < 1.29 is 0 Å². The lowest BCUT2D eigenvalue weighted by Gasteiger charge is -2.20. The third-order valence-corrected chi connectivity index (χ3v) is 4.18. The molecule has 0 saturated carbocycles. The third-order valence-electron chi connectivity index (χ3n) is 4.18. The molecule has 3 rings (SSSR count). The molecule has 1 N–H and O–H groups in total. The lowest BCUT2D eigenvalue weighted by molar-refractivity contribution is 0.866. The molecule has 0 unspecified atom stereocenters. The maximum Gasteiger partial charge on any atom is 0.0568 e. The van der Waals surface area contributed by atoms with Gasteiger partial charge in [0.25, 0.3) is 0 Å². The van der Waals surface area contributed by atoms with Crippen LogP contribution in [0.4, 0.5) is 11.4 Å². The van der Waals surface area contributed by atoms with Crippen LogP contribution < -0.4 is 10.3 Å². The first kappa shape index (κ1) is 16.1. The SMILES string of the molecule is CCN(CC)c1ccc(/C=N/Nc2ccc3ccccc3c2)cc1. The molecule has 0 atom stereocenters. The molecule has 24 heavy (non-hydrogen) atoms. The monoisotopic (exact) mass is 317 g/mol. The lowest BCUT2D eigenvalue weighted by Crippen LogP contribution is -2.21. The number of fused-ring (bicyclic) bond motifs is 1. The number of nitrogens with zero attached hydrogens (tertiary/aromatic N) is 2. The summed E-state index contributed by atoms with van der Waals surface area (Å²) in [7, 11) is 0. The average Bonchev–Trinajstić information content (AvgIpc) is 2.64. The molecule has 0 saturated heterocycles. The van der Waals surface area contributed by atoms with E-state index in [1.807, 2.05) is 18.3 Å². The van der Waals surface area contributed by atoms with Crippen LogP contribution in [-0.4, -0.2) is 19.3 Å². The maximum absolute atomic E-state index is 4.34. The van der Waals surface area contributed by atoms with Crippen LogP contribution in [-0.2, 0) is 0 Å². The first-order chi connectivity index (χ1) is 11.8. The first-order valence-electron chi connectivity index (χ1n) is 8.43. The quantitative estimate of drug-likeness (QED) is 0.504. The van der Waals surface area contributed by atoms with E-state index in [-0.39, 0.29) is 0 Å². The topological polar surface area (TPSA) is 27.6 Å². The van der Waals surface area contributed by atoms with Gasteiger partial charge in [-0.05, 0) is 54.4 Å². The second-order valence-electron chi connectivity index (χ2n) is 5.70. The van der Waals surface area contributed by atoms with Gasteiger partial charge in [0.2, 0.25) is 0 Å². The zero-order chi connectivity index (χ0) is 16.8. The molecule has 0 spiro atoms. The number of nitrogens with one attached hydrogen (secondary N) is 1. The summed E-state index contributed by atoms with van der Waals surface area (Å²) in [6.07, 6.45) is 1.85. The van der Waals surface area contributed by atoms with Gasteiger partial charge in [0.05, 0.1) is 11.9 Å². The highest BCUT2D eigenvalue weighted by molar-refractivity contribution is 5.86. The Morgan fingerprint density at radius 1 is 0.875 bits per heavy atom. The number of hydrogen-bond acceptors (Lipinski definition) is 3. The number of benzene rings is 3. The van der Waals surface area contributed by atoms with Crippen LogP contribution in [0.2, 0.25) is 0 Å². The summed E-state index contributed by atoms with van der Waals surface area (Å²) in [5, 5.41) is 6.79. The molecule has 0 bridgehead atoms. The molecule has 0 fully saturated rings. The highest BCUT2D eigenvalue weighted by Gasteiger charge is 2.00. The van der Waals surface area contributed by atoms with Gasteiger partial charge in [-0.15, -0.1) is 0 Å². The maximum atomic E-state index is 4.34. The Balaban J connectivity index is 1.66. The predicted octanol–water partition coefficient (Wildman–Crippen LogP) is 5.13. The van der Waals surface area contributed by atoms with Crippen LogP contribution in [0, 0.1) is 0 Å². The minimum absolute atomic E-state index is 0.990. The summed E-state index contributed by atoms with van der Waals surface area (Å²) >= 11 is 0. The summed E-state index contributed by atoms with van der Waals surface area (Å²) in [6.45, 7) is 6.39. The van der Waals surface area contributed by atoms with Gasteiger partial charge in [-0.25, -0.2) is 0 Å². The zero-order valence-electron chi connectivity index (χ0n) is 14.2. The van der Waals surface area contributed by atoms with E-state index in [0.717, 1.165) is 24.3 Å². The van der Waals surface area contributed by atoms with Gasteiger partial charge in [-0.2, -0.15) is 5.10 Å². The van der Waals surface area contributed by atoms with Crippen molar-refractivity contribution in [1.29, 1.82) is 0 Å². The molecular formula is C21H23N3. The van der Waals surface area contributed by atoms with E-state index in [0.29, 0.717) is 0 Å². The van der Waals surface area contributed by atoms with Gasteiger partial charge in [-0.3, -0.25) is 5.43 Å². The van der Waals surface area contributed by atoms with Crippen LogP contribution in [0.25, 0.3) is 10.8 Å². The van der Waals surface area contributed by atoms with E-state index in [9.17, 15) is 0 Å². The van der Waals surface area contributed by atoms with Gasteiger partial charge in [-0.1, -0.05) is 42.5 Å². The van der Waals surface area contributed by atoms with Crippen molar-refractivity contribution in [2.45, 2.75) is 13.8 Å².